The summed E-state index contributed by atoms with van der Waals surface area (Å²) < 4.78 is 5.72. The molecule has 11 heavy (non-hydrogen) atoms. The van der Waals surface area contributed by atoms with Crippen LogP contribution in [0.2, 0.25) is 0 Å². The first kappa shape index (κ1) is 8.55. The summed E-state index contributed by atoms with van der Waals surface area (Å²) in [6.45, 7) is 8.03. The van der Waals surface area contributed by atoms with Crippen molar-refractivity contribution in [1.29, 1.82) is 5.26 Å². The smallest absolute Gasteiger partial charge is 0.0792 e. The summed E-state index contributed by atoms with van der Waals surface area (Å²) in [6, 6.07) is 2.28. The molecule has 2 nitrogen and oxygen atoms in total. The summed E-state index contributed by atoms with van der Waals surface area (Å²) in [6.07, 6.45) is 0.844. The molecule has 1 atom stereocenters. The average Bonchev–Trinajstić information content (AvgIpc) is 1.99. The second kappa shape index (κ2) is 2.22. The van der Waals surface area contributed by atoms with Crippen molar-refractivity contribution in [3.63, 3.8) is 0 Å². The van der Waals surface area contributed by atoms with Crippen molar-refractivity contribution in [1.82, 2.24) is 0 Å². The third-order valence-corrected chi connectivity index (χ3v) is 2.23. The lowest BCUT2D eigenvalue weighted by Crippen LogP contribution is -2.28. The van der Waals surface area contributed by atoms with Gasteiger partial charge in [-0.3, -0.25) is 0 Å². The third kappa shape index (κ3) is 1.54. The quantitative estimate of drug-likeness (QED) is 0.534. The van der Waals surface area contributed by atoms with E-state index in [1.807, 2.05) is 27.7 Å². The van der Waals surface area contributed by atoms with Crippen LogP contribution in [0.3, 0.4) is 0 Å². The van der Waals surface area contributed by atoms with Crippen LogP contribution in [0.15, 0.2) is 0 Å². The van der Waals surface area contributed by atoms with E-state index in [2.05, 4.69) is 6.07 Å². The van der Waals surface area contributed by atoms with Crippen molar-refractivity contribution in [3.05, 3.63) is 0 Å². The fraction of sp³-hybridized carbons (Fsp3) is 0.889. The Bertz CT molecular complexity index is 200. The van der Waals surface area contributed by atoms with Gasteiger partial charge in [0.05, 0.1) is 23.2 Å². The SMILES string of the molecule is CC1(C)C[C@@H](C#N)C(C)(C)O1. The summed E-state index contributed by atoms with van der Waals surface area (Å²) in [7, 11) is 0. The van der Waals surface area contributed by atoms with Crippen LogP contribution >= 0.6 is 0 Å². The predicted molar refractivity (Wildman–Crippen MR) is 43.0 cm³/mol. The number of hydrogen-bond donors (Lipinski definition) is 0. The lowest BCUT2D eigenvalue weighted by Gasteiger charge is -2.24. The molecule has 0 aromatic carbocycles. The van der Waals surface area contributed by atoms with E-state index >= 15 is 0 Å². The molecular formula is C9H15NO. The van der Waals surface area contributed by atoms with Crippen molar-refractivity contribution in [2.75, 3.05) is 0 Å². The fourth-order valence-electron chi connectivity index (χ4n) is 1.76. The van der Waals surface area contributed by atoms with E-state index in [1.54, 1.807) is 0 Å². The Kier molecular flexibility index (Phi) is 1.72. The van der Waals surface area contributed by atoms with Crippen LogP contribution in [0.4, 0.5) is 0 Å². The van der Waals surface area contributed by atoms with Crippen molar-refractivity contribution < 1.29 is 4.74 Å². The summed E-state index contributed by atoms with van der Waals surface area (Å²) in [5.41, 5.74) is -0.387. The predicted octanol–water partition coefficient (Wildman–Crippen LogP) is 2.10. The van der Waals surface area contributed by atoms with E-state index in [0.29, 0.717) is 0 Å². The zero-order valence-electron chi connectivity index (χ0n) is 7.64. The monoisotopic (exact) mass is 153 g/mol. The Morgan fingerprint density at radius 3 is 2.09 bits per heavy atom. The zero-order chi connectivity index (χ0) is 8.70. The minimum absolute atomic E-state index is 0.0394. The van der Waals surface area contributed by atoms with Gasteiger partial charge in [-0.15, -0.1) is 0 Å². The molecule has 0 saturated carbocycles. The van der Waals surface area contributed by atoms with Gasteiger partial charge in [-0.1, -0.05) is 0 Å². The van der Waals surface area contributed by atoms with Gasteiger partial charge in [-0.05, 0) is 34.1 Å². The average molecular weight is 153 g/mol. The molecule has 0 N–H and O–H groups in total. The van der Waals surface area contributed by atoms with Crippen LogP contribution in [0.25, 0.3) is 0 Å². The molecule has 1 aliphatic rings. The molecule has 1 heterocycles. The zero-order valence-corrected chi connectivity index (χ0v) is 7.64. The van der Waals surface area contributed by atoms with Crippen molar-refractivity contribution in [2.45, 2.75) is 45.3 Å². The Morgan fingerprint density at radius 1 is 1.36 bits per heavy atom. The molecule has 0 spiro atoms. The van der Waals surface area contributed by atoms with E-state index in [0.717, 1.165) is 6.42 Å². The van der Waals surface area contributed by atoms with Gasteiger partial charge in [0.25, 0.3) is 0 Å². The second-order valence-corrected chi connectivity index (χ2v) is 4.35. The van der Waals surface area contributed by atoms with Crippen LogP contribution < -0.4 is 0 Å². The molecule has 0 aliphatic carbocycles. The van der Waals surface area contributed by atoms with Crippen LogP contribution in [0.5, 0.6) is 0 Å². The summed E-state index contributed by atoms with van der Waals surface area (Å²) in [5.74, 6) is 0.0394. The van der Waals surface area contributed by atoms with Crippen molar-refractivity contribution >= 4 is 0 Å². The molecule has 62 valence electrons. The fourth-order valence-corrected chi connectivity index (χ4v) is 1.76. The molecule has 0 aromatic heterocycles. The summed E-state index contributed by atoms with van der Waals surface area (Å²) in [5, 5.41) is 8.80. The Balaban J connectivity index is 2.81. The van der Waals surface area contributed by atoms with Crippen LogP contribution in [0.1, 0.15) is 34.1 Å². The Hall–Kier alpha value is -0.550. The first-order chi connectivity index (χ1) is 4.87. The van der Waals surface area contributed by atoms with E-state index in [-0.39, 0.29) is 17.1 Å². The maximum atomic E-state index is 8.80. The highest BCUT2D eigenvalue weighted by atomic mass is 16.5. The van der Waals surface area contributed by atoms with Gasteiger partial charge in [-0.2, -0.15) is 5.26 Å². The normalized spacial score (nSPS) is 33.2. The van der Waals surface area contributed by atoms with Gasteiger partial charge in [0.1, 0.15) is 0 Å². The van der Waals surface area contributed by atoms with E-state index in [4.69, 9.17) is 10.00 Å². The minimum atomic E-state index is -0.266. The van der Waals surface area contributed by atoms with Gasteiger partial charge in [0.15, 0.2) is 0 Å². The molecule has 0 amide bonds. The topological polar surface area (TPSA) is 33.0 Å². The van der Waals surface area contributed by atoms with E-state index in [1.165, 1.54) is 0 Å². The maximum Gasteiger partial charge on any atom is 0.0792 e. The molecule has 1 saturated heterocycles. The van der Waals surface area contributed by atoms with Crippen LogP contribution in [-0.2, 0) is 4.74 Å². The van der Waals surface area contributed by atoms with Gasteiger partial charge >= 0.3 is 0 Å². The van der Waals surface area contributed by atoms with Gasteiger partial charge in [-0.25, -0.2) is 0 Å². The lowest BCUT2D eigenvalue weighted by atomic mass is 9.89. The second-order valence-electron chi connectivity index (χ2n) is 4.35. The lowest BCUT2D eigenvalue weighted by molar-refractivity contribution is -0.0700. The summed E-state index contributed by atoms with van der Waals surface area (Å²) in [4.78, 5) is 0. The number of nitriles is 1. The Labute approximate surface area is 68.2 Å². The van der Waals surface area contributed by atoms with Crippen molar-refractivity contribution in [2.24, 2.45) is 5.92 Å². The maximum absolute atomic E-state index is 8.80. The number of nitrogens with zero attached hydrogens (tertiary/aromatic N) is 1. The highest BCUT2D eigenvalue weighted by Gasteiger charge is 2.45. The number of hydrogen-bond acceptors (Lipinski definition) is 2. The van der Waals surface area contributed by atoms with Crippen molar-refractivity contribution in [3.8, 4) is 6.07 Å². The number of rotatable bonds is 0. The molecule has 0 radical (unpaired) electrons. The van der Waals surface area contributed by atoms with E-state index < -0.39 is 0 Å². The molecule has 2 heteroatoms. The van der Waals surface area contributed by atoms with Gasteiger partial charge in [0.2, 0.25) is 0 Å². The third-order valence-electron chi connectivity index (χ3n) is 2.23. The highest BCUT2D eigenvalue weighted by molar-refractivity contribution is 5.04. The minimum Gasteiger partial charge on any atom is -0.368 e. The first-order valence-electron chi connectivity index (χ1n) is 3.97. The molecular weight excluding hydrogens is 138 g/mol. The summed E-state index contributed by atoms with van der Waals surface area (Å²) >= 11 is 0. The standard InChI is InChI=1S/C9H15NO/c1-8(2)5-7(6-10)9(3,4)11-8/h7H,5H2,1-4H3/t7-/m0/s1. The Morgan fingerprint density at radius 2 is 1.91 bits per heavy atom. The van der Waals surface area contributed by atoms with Gasteiger partial charge in [0, 0.05) is 0 Å². The van der Waals surface area contributed by atoms with Crippen LogP contribution in [0, 0.1) is 17.2 Å². The van der Waals surface area contributed by atoms with Gasteiger partial charge < -0.3 is 4.74 Å². The molecule has 0 bridgehead atoms. The molecule has 0 aromatic rings. The molecule has 1 fully saturated rings. The number of ether oxygens (including phenoxy) is 1. The largest absolute Gasteiger partial charge is 0.368 e. The molecule has 0 unspecified atom stereocenters. The molecule has 1 rings (SSSR count). The first-order valence-corrected chi connectivity index (χ1v) is 3.97. The highest BCUT2D eigenvalue weighted by Crippen LogP contribution is 2.41. The van der Waals surface area contributed by atoms with Crippen LogP contribution in [-0.4, -0.2) is 11.2 Å². The van der Waals surface area contributed by atoms with E-state index in [9.17, 15) is 0 Å². The molecule has 1 aliphatic heterocycles.